The van der Waals surface area contributed by atoms with Gasteiger partial charge in [0, 0.05) is 15.1 Å². The zero-order chi connectivity index (χ0) is 14.4. The Morgan fingerprint density at radius 3 is 2.74 bits per heavy atom. The number of halogens is 2. The molecule has 0 aliphatic carbocycles. The van der Waals surface area contributed by atoms with E-state index in [2.05, 4.69) is 33.2 Å². The van der Waals surface area contributed by atoms with Crippen LogP contribution >= 0.6 is 34.2 Å². The zero-order valence-electron chi connectivity index (χ0n) is 10.2. The summed E-state index contributed by atoms with van der Waals surface area (Å²) in [5.74, 6) is -1.34. The van der Waals surface area contributed by atoms with Gasteiger partial charge in [0.2, 0.25) is 0 Å². The highest BCUT2D eigenvalue weighted by molar-refractivity contribution is 14.1. The number of carbonyl (C=O) groups is 2. The maximum Gasteiger partial charge on any atom is 0.319 e. The molecule has 0 saturated carbocycles. The maximum absolute atomic E-state index is 11.6. The molecule has 1 rings (SSSR count). The van der Waals surface area contributed by atoms with E-state index < -0.39 is 11.9 Å². The van der Waals surface area contributed by atoms with Crippen LogP contribution < -0.4 is 10.6 Å². The molecular weight excluding hydrogens is 383 g/mol. The Morgan fingerprint density at radius 2 is 2.16 bits per heavy atom. The third-order valence-electron chi connectivity index (χ3n) is 2.46. The largest absolute Gasteiger partial charge is 0.481 e. The van der Waals surface area contributed by atoms with Crippen molar-refractivity contribution in [2.75, 3.05) is 11.9 Å². The van der Waals surface area contributed by atoms with Gasteiger partial charge >= 0.3 is 12.0 Å². The Labute approximate surface area is 129 Å². The van der Waals surface area contributed by atoms with Gasteiger partial charge in [-0.3, -0.25) is 4.79 Å². The highest BCUT2D eigenvalue weighted by Crippen LogP contribution is 2.22. The molecule has 0 saturated heterocycles. The van der Waals surface area contributed by atoms with Crippen molar-refractivity contribution in [3.8, 4) is 0 Å². The first kappa shape index (κ1) is 16.0. The van der Waals surface area contributed by atoms with E-state index in [-0.39, 0.29) is 6.03 Å². The molecule has 0 fully saturated rings. The molecule has 7 heteroatoms. The van der Waals surface area contributed by atoms with Crippen molar-refractivity contribution in [1.29, 1.82) is 0 Å². The van der Waals surface area contributed by atoms with Crippen LogP contribution in [-0.4, -0.2) is 23.7 Å². The number of anilines is 1. The number of aliphatic carboxylic acids is 1. The lowest BCUT2D eigenvalue weighted by atomic mass is 10.1. The molecule has 5 nitrogen and oxygen atoms in total. The van der Waals surface area contributed by atoms with Crippen molar-refractivity contribution < 1.29 is 14.7 Å². The molecule has 1 aromatic rings. The summed E-state index contributed by atoms with van der Waals surface area (Å²) in [4.78, 5) is 22.2. The number of carboxylic acid groups (broad SMARTS) is 1. The van der Waals surface area contributed by atoms with Crippen LogP contribution in [-0.2, 0) is 4.79 Å². The second-order valence-electron chi connectivity index (χ2n) is 4.03. The molecule has 2 amide bonds. The van der Waals surface area contributed by atoms with E-state index >= 15 is 0 Å². The summed E-state index contributed by atoms with van der Waals surface area (Å²) < 4.78 is 0.833. The van der Waals surface area contributed by atoms with Crippen molar-refractivity contribution >= 4 is 51.9 Å². The summed E-state index contributed by atoms with van der Waals surface area (Å²) in [6.07, 6.45) is 0.389. The van der Waals surface area contributed by atoms with Gasteiger partial charge in [-0.25, -0.2) is 4.79 Å². The minimum Gasteiger partial charge on any atom is -0.481 e. The SMILES string of the molecule is CC(CCNC(=O)Nc1ccc(Cl)cc1I)C(=O)O. The summed E-state index contributed by atoms with van der Waals surface area (Å²) in [5.41, 5.74) is 0.661. The van der Waals surface area contributed by atoms with Crippen LogP contribution in [0.2, 0.25) is 5.02 Å². The maximum atomic E-state index is 11.6. The van der Waals surface area contributed by atoms with Crippen LogP contribution in [0.1, 0.15) is 13.3 Å². The highest BCUT2D eigenvalue weighted by atomic mass is 127. The minimum absolute atomic E-state index is 0.309. The molecular formula is C12H14ClIN2O3. The fraction of sp³-hybridized carbons (Fsp3) is 0.333. The molecule has 3 N–H and O–H groups in total. The smallest absolute Gasteiger partial charge is 0.319 e. The normalized spacial score (nSPS) is 11.7. The number of carboxylic acids is 1. The van der Waals surface area contributed by atoms with E-state index in [9.17, 15) is 9.59 Å². The van der Waals surface area contributed by atoms with Gasteiger partial charge in [-0.05, 0) is 47.2 Å². The van der Waals surface area contributed by atoms with Gasteiger partial charge < -0.3 is 15.7 Å². The molecule has 1 aromatic carbocycles. The van der Waals surface area contributed by atoms with Gasteiger partial charge in [-0.2, -0.15) is 0 Å². The number of benzene rings is 1. The molecule has 19 heavy (non-hydrogen) atoms. The third kappa shape index (κ3) is 5.65. The quantitative estimate of drug-likeness (QED) is 0.669. The topological polar surface area (TPSA) is 78.4 Å². The summed E-state index contributed by atoms with van der Waals surface area (Å²) in [6, 6.07) is 4.78. The molecule has 0 aromatic heterocycles. The standard InChI is InChI=1S/C12H14ClIN2O3/c1-7(11(17)18)4-5-15-12(19)16-10-3-2-8(13)6-9(10)14/h2-3,6-7H,4-5H2,1H3,(H,17,18)(H2,15,16,19). The number of nitrogens with one attached hydrogen (secondary N) is 2. The fourth-order valence-electron chi connectivity index (χ4n) is 1.28. The van der Waals surface area contributed by atoms with Gasteiger partial charge in [0.15, 0.2) is 0 Å². The number of hydrogen-bond acceptors (Lipinski definition) is 2. The first-order chi connectivity index (χ1) is 8.90. The highest BCUT2D eigenvalue weighted by Gasteiger charge is 2.11. The van der Waals surface area contributed by atoms with Crippen LogP contribution in [0, 0.1) is 9.49 Å². The van der Waals surface area contributed by atoms with Crippen molar-refractivity contribution in [2.45, 2.75) is 13.3 Å². The summed E-state index contributed by atoms with van der Waals surface area (Å²) in [5, 5.41) is 14.6. The number of hydrogen-bond donors (Lipinski definition) is 3. The van der Waals surface area contributed by atoms with Gasteiger partial charge in [0.25, 0.3) is 0 Å². The number of urea groups is 1. The van der Waals surface area contributed by atoms with Crippen LogP contribution in [0.15, 0.2) is 18.2 Å². The number of rotatable bonds is 5. The van der Waals surface area contributed by atoms with Gasteiger partial charge in [-0.15, -0.1) is 0 Å². The Hall–Kier alpha value is -1.02. The predicted octanol–water partition coefficient (Wildman–Crippen LogP) is 3.18. The summed E-state index contributed by atoms with van der Waals surface area (Å²) >= 11 is 7.88. The minimum atomic E-state index is -0.866. The Morgan fingerprint density at radius 1 is 1.47 bits per heavy atom. The first-order valence-electron chi connectivity index (χ1n) is 5.63. The van der Waals surface area contributed by atoms with E-state index in [1.165, 1.54) is 0 Å². The first-order valence-corrected chi connectivity index (χ1v) is 7.08. The van der Waals surface area contributed by atoms with Gasteiger partial charge in [-0.1, -0.05) is 18.5 Å². The molecule has 1 unspecified atom stereocenters. The monoisotopic (exact) mass is 396 g/mol. The van der Waals surface area contributed by atoms with Gasteiger partial charge in [0.1, 0.15) is 0 Å². The Kier molecular flexibility index (Phi) is 6.36. The van der Waals surface area contributed by atoms with Gasteiger partial charge in [0.05, 0.1) is 11.6 Å². The lowest BCUT2D eigenvalue weighted by molar-refractivity contribution is -0.141. The van der Waals surface area contributed by atoms with Crippen molar-refractivity contribution in [3.63, 3.8) is 0 Å². The molecule has 104 valence electrons. The number of carbonyl (C=O) groups excluding carboxylic acids is 1. The molecule has 0 aliphatic heterocycles. The van der Waals surface area contributed by atoms with E-state index in [0.29, 0.717) is 23.7 Å². The fourth-order valence-corrected chi connectivity index (χ4v) is 2.29. The van der Waals surface area contributed by atoms with Crippen LogP contribution in [0.3, 0.4) is 0 Å². The van der Waals surface area contributed by atoms with E-state index in [1.54, 1.807) is 25.1 Å². The lowest BCUT2D eigenvalue weighted by Crippen LogP contribution is -2.31. The third-order valence-corrected chi connectivity index (χ3v) is 3.59. The van der Waals surface area contributed by atoms with Crippen molar-refractivity contribution in [2.24, 2.45) is 5.92 Å². The van der Waals surface area contributed by atoms with Crippen LogP contribution in [0.5, 0.6) is 0 Å². The van der Waals surface area contributed by atoms with E-state index in [1.807, 2.05) is 0 Å². The van der Waals surface area contributed by atoms with Crippen molar-refractivity contribution in [1.82, 2.24) is 5.32 Å². The van der Waals surface area contributed by atoms with Crippen LogP contribution in [0.25, 0.3) is 0 Å². The van der Waals surface area contributed by atoms with Crippen molar-refractivity contribution in [3.05, 3.63) is 26.8 Å². The Balaban J connectivity index is 2.41. The van der Waals surface area contributed by atoms with Crippen LogP contribution in [0.4, 0.5) is 10.5 Å². The predicted molar refractivity (Wildman–Crippen MR) is 82.6 cm³/mol. The lowest BCUT2D eigenvalue weighted by Gasteiger charge is -2.10. The average molecular weight is 397 g/mol. The Bertz CT molecular complexity index is 482. The number of amides is 2. The second-order valence-corrected chi connectivity index (χ2v) is 5.63. The zero-order valence-corrected chi connectivity index (χ0v) is 13.2. The molecule has 0 bridgehead atoms. The summed E-state index contributed by atoms with van der Waals surface area (Å²) in [6.45, 7) is 1.91. The van der Waals surface area contributed by atoms with E-state index in [0.717, 1.165) is 3.57 Å². The van der Waals surface area contributed by atoms with E-state index in [4.69, 9.17) is 16.7 Å². The molecule has 0 radical (unpaired) electrons. The molecule has 0 spiro atoms. The second kappa shape index (κ2) is 7.54. The average Bonchev–Trinajstić information content (AvgIpc) is 2.32. The molecule has 1 atom stereocenters. The molecule has 0 heterocycles. The molecule has 0 aliphatic rings. The summed E-state index contributed by atoms with van der Waals surface area (Å²) in [7, 11) is 0.